The Morgan fingerprint density at radius 1 is 0.597 bits per heavy atom. The molecule has 0 unspecified atom stereocenters. The number of hydrogen-bond acceptors (Lipinski definition) is 15. The molecule has 4 rings (SSSR count). The first kappa shape index (κ1) is 56.5. The van der Waals surface area contributed by atoms with Crippen LogP contribution < -0.4 is 41.4 Å². The van der Waals surface area contributed by atoms with E-state index in [1.165, 1.54) is 92.0 Å². The molecule has 4 aromatic carbocycles. The van der Waals surface area contributed by atoms with Gasteiger partial charge in [-0.25, -0.2) is 14.6 Å². The topological polar surface area (TPSA) is 425 Å². The highest BCUT2D eigenvalue weighted by Crippen LogP contribution is 2.20. The number of guanidine groups is 2. The van der Waals surface area contributed by atoms with E-state index in [2.05, 4.69) is 24.7 Å². The third kappa shape index (κ3) is 17.7. The van der Waals surface area contributed by atoms with E-state index in [1.54, 1.807) is 12.1 Å². The van der Waals surface area contributed by atoms with Crippen LogP contribution in [0.25, 0.3) is 0 Å². The number of nitrogens with zero attached hydrogens (tertiary/aromatic N) is 4. The van der Waals surface area contributed by atoms with Crippen LogP contribution in [0, 0.1) is 0 Å². The highest BCUT2D eigenvalue weighted by atomic mass is 32.2. The van der Waals surface area contributed by atoms with Crippen LogP contribution >= 0.6 is 0 Å². The van der Waals surface area contributed by atoms with Crippen molar-refractivity contribution < 1.29 is 80.2 Å². The minimum absolute atomic E-state index is 0.0700. The molecule has 72 heavy (non-hydrogen) atoms. The Hall–Kier alpha value is -8.06. The van der Waals surface area contributed by atoms with E-state index in [-0.39, 0.29) is 45.7 Å². The number of carbonyl (C=O) groups is 6. The number of carboxylic acid groups (broad SMARTS) is 4. The number of hydrogen-bond donors (Lipinski definition) is 10. The number of esters is 2. The fourth-order valence-electron chi connectivity index (χ4n) is 6.17. The minimum Gasteiger partial charge on any atom is -0.481 e. The van der Waals surface area contributed by atoms with Gasteiger partial charge in [-0.15, -0.1) is 0 Å². The number of ether oxygens (including phenoxy) is 3. The Balaban J connectivity index is 1.39. The molecule has 4 aromatic rings. The number of rotatable bonds is 28. The molecule has 0 aromatic heterocycles. The molecule has 0 aliphatic rings. The number of nitrogens with one attached hydrogen (secondary N) is 3. The molecular weight excluding hydrogens is 993 g/mol. The molecule has 0 saturated heterocycles. The van der Waals surface area contributed by atoms with E-state index >= 15 is 0 Å². The second-order valence-corrected chi connectivity index (χ2v) is 18.3. The molecular formula is C43H50N10O17S2. The van der Waals surface area contributed by atoms with Crippen molar-refractivity contribution in [2.75, 3.05) is 38.7 Å². The van der Waals surface area contributed by atoms with Crippen molar-refractivity contribution in [3.8, 4) is 11.5 Å². The highest BCUT2D eigenvalue weighted by Gasteiger charge is 2.38. The van der Waals surface area contributed by atoms with E-state index < -0.39 is 121 Å². The van der Waals surface area contributed by atoms with Gasteiger partial charge >= 0.3 is 35.8 Å². The van der Waals surface area contributed by atoms with Gasteiger partial charge in [0, 0.05) is 38.9 Å². The first-order valence-electron chi connectivity index (χ1n) is 20.9. The molecule has 29 heteroatoms. The molecule has 0 saturated carbocycles. The fourth-order valence-corrected chi connectivity index (χ4v) is 8.82. The van der Waals surface area contributed by atoms with Gasteiger partial charge in [0.05, 0.1) is 42.9 Å². The van der Waals surface area contributed by atoms with Gasteiger partial charge in [-0.05, 0) is 83.9 Å². The third-order valence-corrected chi connectivity index (χ3v) is 12.8. The number of carbonyl (C=O) groups excluding carboxylic acids is 2. The van der Waals surface area contributed by atoms with Gasteiger partial charge in [-0.1, -0.05) is 24.3 Å². The molecule has 13 N–H and O–H groups in total. The standard InChI is InChI=1S/C43H50N10O17S2/c1-47-43(46)51-31-12-8-29(9-13-31)41(63)70-33-16-4-27(5-17-33)25-49-72(66,67)53(35(39(60)61)23-37(56)57)19-21-68-20-18-52(34(38(58)59)22-36(54)55)71(64,65)48-24-26-2-14-32(15-3-26)69-40(62)28-6-10-30(11-7-28)50-42(44)45/h2-17,34-35,48-49H,18-25H2,1H3,(H,54,55)(H,56,57)(H,58,59)(H,60,61)(H4,44,45,50)(H3,46,47,51)/t34-,35-/m0/s1. The van der Waals surface area contributed by atoms with E-state index in [9.17, 15) is 66.0 Å². The summed E-state index contributed by atoms with van der Waals surface area (Å²) in [5.41, 5.74) is 18.2. The average Bonchev–Trinajstić information content (AvgIpc) is 3.32. The Labute approximate surface area is 411 Å². The molecule has 0 bridgehead atoms. The number of carboxylic acids is 4. The number of aliphatic imine (C=N–C) groups is 2. The summed E-state index contributed by atoms with van der Waals surface area (Å²) < 4.78 is 75.4. The van der Waals surface area contributed by atoms with E-state index in [0.717, 1.165) is 0 Å². The van der Waals surface area contributed by atoms with Crippen LogP contribution in [0.1, 0.15) is 44.7 Å². The molecule has 0 radical (unpaired) electrons. The van der Waals surface area contributed by atoms with Gasteiger partial charge in [0.15, 0.2) is 11.9 Å². The van der Waals surface area contributed by atoms with Crippen LogP contribution in [0.4, 0.5) is 11.4 Å². The smallest absolute Gasteiger partial charge is 0.343 e. The van der Waals surface area contributed by atoms with Crippen LogP contribution in [0.3, 0.4) is 0 Å². The summed E-state index contributed by atoms with van der Waals surface area (Å²) in [5.74, 6) is -8.38. The van der Waals surface area contributed by atoms with Gasteiger partial charge in [0.25, 0.3) is 20.4 Å². The Morgan fingerprint density at radius 2 is 0.986 bits per heavy atom. The van der Waals surface area contributed by atoms with Gasteiger partial charge in [0.1, 0.15) is 23.6 Å². The van der Waals surface area contributed by atoms with Crippen molar-refractivity contribution in [2.24, 2.45) is 27.2 Å². The van der Waals surface area contributed by atoms with Crippen LogP contribution in [-0.2, 0) is 57.4 Å². The van der Waals surface area contributed by atoms with Gasteiger partial charge < -0.3 is 57.2 Å². The molecule has 0 aliphatic carbocycles. The van der Waals surface area contributed by atoms with Gasteiger partial charge in [-0.2, -0.15) is 34.9 Å². The normalized spacial score (nSPS) is 12.6. The summed E-state index contributed by atoms with van der Waals surface area (Å²) in [6, 6.07) is 18.5. The monoisotopic (exact) mass is 1040 g/mol. The lowest BCUT2D eigenvalue weighted by Crippen LogP contribution is -2.52. The van der Waals surface area contributed by atoms with E-state index in [4.69, 9.17) is 31.4 Å². The highest BCUT2D eigenvalue weighted by molar-refractivity contribution is 7.87. The maximum atomic E-state index is 13.6. The lowest BCUT2D eigenvalue weighted by molar-refractivity contribution is -0.148. The molecule has 0 amide bonds. The molecule has 27 nitrogen and oxygen atoms in total. The molecule has 0 fully saturated rings. The average molecular weight is 1040 g/mol. The van der Waals surface area contributed by atoms with Crippen LogP contribution in [0.15, 0.2) is 107 Å². The SMILES string of the molecule is CN=C(N)Nc1ccc(C(=O)Oc2ccc(CNS(=O)(=O)N(CCOCCN([C@@H](CC(=O)O)C(=O)O)S(=O)(=O)NCc3ccc(OC(=O)c4ccc(N=C(N)N)cc4)cc3)[C@@H](CC(=O)O)C(=O)O)cc2)cc1. The predicted molar refractivity (Wildman–Crippen MR) is 255 cm³/mol. The first-order valence-corrected chi connectivity index (χ1v) is 23.8. The minimum atomic E-state index is -4.86. The summed E-state index contributed by atoms with van der Waals surface area (Å²) in [6.45, 7) is -4.02. The van der Waals surface area contributed by atoms with Crippen LogP contribution in [0.5, 0.6) is 11.5 Å². The van der Waals surface area contributed by atoms with E-state index in [1.807, 2.05) is 0 Å². The second-order valence-electron chi connectivity index (χ2n) is 14.9. The third-order valence-electron chi connectivity index (χ3n) is 9.71. The number of aliphatic carboxylic acids is 4. The summed E-state index contributed by atoms with van der Waals surface area (Å²) in [5, 5.41) is 41.4. The molecule has 0 spiro atoms. The maximum Gasteiger partial charge on any atom is 0.343 e. The predicted octanol–water partition coefficient (Wildman–Crippen LogP) is 0.232. The zero-order valence-electron chi connectivity index (χ0n) is 38.0. The summed E-state index contributed by atoms with van der Waals surface area (Å²) in [4.78, 5) is 80.7. The molecule has 0 heterocycles. The van der Waals surface area contributed by atoms with Gasteiger partial charge in [-0.3, -0.25) is 24.2 Å². The molecule has 0 aliphatic heterocycles. The Kier molecular flexibility index (Phi) is 20.6. The largest absolute Gasteiger partial charge is 0.481 e. The fraction of sp³-hybridized carbons (Fsp3) is 0.256. The van der Waals surface area contributed by atoms with Crippen molar-refractivity contribution in [1.29, 1.82) is 0 Å². The van der Waals surface area contributed by atoms with Crippen molar-refractivity contribution in [3.63, 3.8) is 0 Å². The zero-order valence-corrected chi connectivity index (χ0v) is 39.6. The first-order chi connectivity index (χ1) is 34.0. The van der Waals surface area contributed by atoms with Crippen LogP contribution in [-0.4, -0.2) is 139 Å². The lowest BCUT2D eigenvalue weighted by Gasteiger charge is -2.28. The van der Waals surface area contributed by atoms with Crippen molar-refractivity contribution in [3.05, 3.63) is 119 Å². The Morgan fingerprint density at radius 3 is 1.33 bits per heavy atom. The quantitative estimate of drug-likeness (QED) is 0.0120. The summed E-state index contributed by atoms with van der Waals surface area (Å²) >= 11 is 0. The summed E-state index contributed by atoms with van der Waals surface area (Å²) in [6.07, 6.45) is -2.40. The van der Waals surface area contributed by atoms with Crippen molar-refractivity contribution in [1.82, 2.24) is 18.1 Å². The van der Waals surface area contributed by atoms with E-state index in [0.29, 0.717) is 20.0 Å². The number of nitrogens with two attached hydrogens (primary N) is 3. The van der Waals surface area contributed by atoms with Gasteiger partial charge in [0.2, 0.25) is 0 Å². The number of benzene rings is 4. The summed E-state index contributed by atoms with van der Waals surface area (Å²) in [7, 11) is -8.22. The molecule has 386 valence electrons. The lowest BCUT2D eigenvalue weighted by atomic mass is 10.2. The maximum absolute atomic E-state index is 13.6. The Bertz CT molecular complexity index is 2850. The van der Waals surface area contributed by atoms with Crippen molar-refractivity contribution in [2.45, 2.75) is 38.0 Å². The van der Waals surface area contributed by atoms with Crippen LogP contribution in [0.2, 0.25) is 0 Å². The number of anilines is 1. The van der Waals surface area contributed by atoms with Crippen molar-refractivity contribution >= 4 is 79.5 Å². The second kappa shape index (κ2) is 26.2. The molecule has 2 atom stereocenters. The zero-order chi connectivity index (χ0) is 53.2.